The van der Waals surface area contributed by atoms with Gasteiger partial charge in [0.1, 0.15) is 11.5 Å². The zero-order valence-corrected chi connectivity index (χ0v) is 15.5. The average molecular weight is 388 g/mol. The van der Waals surface area contributed by atoms with E-state index in [1.54, 1.807) is 25.1 Å². The van der Waals surface area contributed by atoms with Gasteiger partial charge in [0.05, 0.1) is 10.6 Å². The van der Waals surface area contributed by atoms with Crippen LogP contribution in [-0.2, 0) is 15.6 Å². The van der Waals surface area contributed by atoms with E-state index in [-0.39, 0.29) is 22.2 Å². The lowest BCUT2D eigenvalue weighted by atomic mass is 10.3. The van der Waals surface area contributed by atoms with Gasteiger partial charge in [-0.2, -0.15) is 5.10 Å². The fourth-order valence-corrected chi connectivity index (χ4v) is 4.15. The number of hydrogen-bond acceptors (Lipinski definition) is 6. The van der Waals surface area contributed by atoms with Crippen molar-refractivity contribution < 1.29 is 17.6 Å². The van der Waals surface area contributed by atoms with Crippen molar-refractivity contribution in [2.45, 2.75) is 17.6 Å². The number of hydrogen-bond donors (Lipinski definition) is 1. The molecule has 1 N–H and O–H groups in total. The Morgan fingerprint density at radius 1 is 1.12 bits per heavy atom. The predicted octanol–water partition coefficient (Wildman–Crippen LogP) is 3.47. The molecule has 0 saturated carbocycles. The first-order valence-corrected chi connectivity index (χ1v) is 10.2. The van der Waals surface area contributed by atoms with Crippen molar-refractivity contribution >= 4 is 32.8 Å². The average Bonchev–Trinajstić information content (AvgIpc) is 3.32. The van der Waals surface area contributed by atoms with E-state index < -0.39 is 15.7 Å². The molecule has 6 nitrogen and oxygen atoms in total. The molecule has 0 fully saturated rings. The summed E-state index contributed by atoms with van der Waals surface area (Å²) in [6, 6.07) is 14.8. The second kappa shape index (κ2) is 7.67. The molecular weight excluding hydrogens is 372 g/mol. The van der Waals surface area contributed by atoms with Crippen LogP contribution in [-0.4, -0.2) is 20.0 Å². The van der Waals surface area contributed by atoms with Crippen LogP contribution in [0.25, 0.3) is 0 Å². The summed E-state index contributed by atoms with van der Waals surface area (Å²) < 4.78 is 30.1. The number of carbonyl (C=O) groups is 1. The molecule has 0 unspecified atom stereocenters. The van der Waals surface area contributed by atoms with Crippen LogP contribution in [0.3, 0.4) is 0 Å². The molecule has 26 heavy (non-hydrogen) atoms. The predicted molar refractivity (Wildman–Crippen MR) is 100 cm³/mol. The highest BCUT2D eigenvalue weighted by Crippen LogP contribution is 2.18. The number of furan rings is 1. The normalized spacial score (nSPS) is 12.1. The molecule has 0 aliphatic carbocycles. The van der Waals surface area contributed by atoms with E-state index in [4.69, 9.17) is 4.42 Å². The molecule has 134 valence electrons. The second-order valence-corrected chi connectivity index (χ2v) is 8.39. The molecule has 0 atom stereocenters. The molecule has 3 aromatic rings. The summed E-state index contributed by atoms with van der Waals surface area (Å²) in [6.07, 6.45) is 0. The van der Waals surface area contributed by atoms with Crippen LogP contribution >= 0.6 is 11.3 Å². The molecule has 2 heterocycles. The van der Waals surface area contributed by atoms with Gasteiger partial charge in [-0.05, 0) is 42.6 Å². The Labute approximate surface area is 155 Å². The van der Waals surface area contributed by atoms with Crippen LogP contribution < -0.4 is 5.43 Å². The summed E-state index contributed by atoms with van der Waals surface area (Å²) in [5.41, 5.74) is 3.08. The molecule has 0 bridgehead atoms. The van der Waals surface area contributed by atoms with Gasteiger partial charge in [0, 0.05) is 4.88 Å². The summed E-state index contributed by atoms with van der Waals surface area (Å²) in [5, 5.41) is 5.94. The van der Waals surface area contributed by atoms with E-state index in [9.17, 15) is 13.2 Å². The fourth-order valence-electron chi connectivity index (χ4n) is 2.21. The molecule has 0 spiro atoms. The molecule has 0 saturated heterocycles. The lowest BCUT2D eigenvalue weighted by Crippen LogP contribution is -2.18. The van der Waals surface area contributed by atoms with Crippen molar-refractivity contribution in [1.82, 2.24) is 5.43 Å². The zero-order chi connectivity index (χ0) is 18.6. The maximum atomic E-state index is 12.3. The van der Waals surface area contributed by atoms with E-state index in [0.717, 1.165) is 4.88 Å². The Kier molecular flexibility index (Phi) is 5.34. The Hall–Kier alpha value is -2.71. The van der Waals surface area contributed by atoms with Crippen molar-refractivity contribution in [1.29, 1.82) is 0 Å². The number of hydrazone groups is 1. The second-order valence-electron chi connectivity index (χ2n) is 5.45. The first-order valence-electron chi connectivity index (χ1n) is 7.71. The molecule has 0 aliphatic heterocycles. The summed E-state index contributed by atoms with van der Waals surface area (Å²) >= 11 is 1.51. The van der Waals surface area contributed by atoms with Crippen molar-refractivity contribution in [2.75, 3.05) is 0 Å². The van der Waals surface area contributed by atoms with Crippen LogP contribution in [0.15, 0.2) is 74.4 Å². The van der Waals surface area contributed by atoms with Gasteiger partial charge in [0.15, 0.2) is 15.6 Å². The van der Waals surface area contributed by atoms with Crippen LogP contribution in [0.2, 0.25) is 0 Å². The van der Waals surface area contributed by atoms with E-state index in [0.29, 0.717) is 5.71 Å². The number of nitrogens with zero attached hydrogens (tertiary/aromatic N) is 1. The van der Waals surface area contributed by atoms with Crippen LogP contribution in [0.5, 0.6) is 0 Å². The molecule has 1 aromatic carbocycles. The van der Waals surface area contributed by atoms with Gasteiger partial charge in [-0.1, -0.05) is 24.3 Å². The topological polar surface area (TPSA) is 88.7 Å². The summed E-state index contributed by atoms with van der Waals surface area (Å²) in [4.78, 5) is 13.3. The van der Waals surface area contributed by atoms with Crippen LogP contribution in [0.4, 0.5) is 0 Å². The Balaban J connectivity index is 1.68. The largest absolute Gasteiger partial charge is 0.455 e. The number of thiophene rings is 1. The highest BCUT2D eigenvalue weighted by atomic mass is 32.2. The lowest BCUT2D eigenvalue weighted by molar-refractivity contribution is 0.0925. The minimum absolute atomic E-state index is 0.00555. The minimum Gasteiger partial charge on any atom is -0.455 e. The number of sulfone groups is 1. The van der Waals surface area contributed by atoms with Crippen LogP contribution in [0.1, 0.15) is 28.1 Å². The SMILES string of the molecule is C/C(=N/NC(=O)c1ccc(CS(=O)(=O)c2ccccc2)o1)c1cccs1. The number of benzene rings is 1. The number of carbonyl (C=O) groups excluding carboxylic acids is 1. The molecule has 2 aromatic heterocycles. The van der Waals surface area contributed by atoms with Crippen molar-refractivity contribution in [3.05, 3.63) is 76.4 Å². The number of rotatable bonds is 6. The van der Waals surface area contributed by atoms with Gasteiger partial charge in [-0.25, -0.2) is 13.8 Å². The zero-order valence-electron chi connectivity index (χ0n) is 13.9. The fraction of sp³-hybridized carbons (Fsp3) is 0.111. The summed E-state index contributed by atoms with van der Waals surface area (Å²) in [5.74, 6) is -0.657. The summed E-state index contributed by atoms with van der Waals surface area (Å²) in [7, 11) is -3.53. The monoisotopic (exact) mass is 388 g/mol. The molecule has 0 radical (unpaired) electrons. The highest BCUT2D eigenvalue weighted by molar-refractivity contribution is 7.90. The van der Waals surface area contributed by atoms with Crippen molar-refractivity contribution in [3.63, 3.8) is 0 Å². The van der Waals surface area contributed by atoms with Gasteiger partial charge in [0.25, 0.3) is 0 Å². The van der Waals surface area contributed by atoms with Crippen LogP contribution in [0, 0.1) is 0 Å². The van der Waals surface area contributed by atoms with Crippen molar-refractivity contribution in [3.8, 4) is 0 Å². The standard InChI is InChI=1S/C18H16N2O4S2/c1-13(17-8-5-11-25-17)19-20-18(21)16-10-9-14(24-16)12-26(22,23)15-6-3-2-4-7-15/h2-11H,12H2,1H3,(H,20,21)/b19-13-. The first-order chi connectivity index (χ1) is 12.5. The lowest BCUT2D eigenvalue weighted by Gasteiger charge is -2.02. The Morgan fingerprint density at radius 2 is 1.88 bits per heavy atom. The third-order valence-electron chi connectivity index (χ3n) is 3.52. The van der Waals surface area contributed by atoms with Gasteiger partial charge in [-0.15, -0.1) is 11.3 Å². The van der Waals surface area contributed by atoms with E-state index in [1.807, 2.05) is 17.5 Å². The Bertz CT molecular complexity index is 1020. The first kappa shape index (κ1) is 18.1. The van der Waals surface area contributed by atoms with Gasteiger partial charge < -0.3 is 4.42 Å². The van der Waals surface area contributed by atoms with E-state index in [2.05, 4.69) is 10.5 Å². The maximum Gasteiger partial charge on any atom is 0.307 e. The molecule has 3 rings (SSSR count). The third kappa shape index (κ3) is 4.27. The van der Waals surface area contributed by atoms with E-state index in [1.165, 1.54) is 35.6 Å². The molecule has 1 amide bonds. The maximum absolute atomic E-state index is 12.3. The Morgan fingerprint density at radius 3 is 2.58 bits per heavy atom. The highest BCUT2D eigenvalue weighted by Gasteiger charge is 2.19. The molecular formula is C18H16N2O4S2. The minimum atomic E-state index is -3.53. The molecule has 8 heteroatoms. The number of nitrogens with one attached hydrogen (secondary N) is 1. The quantitative estimate of drug-likeness (QED) is 0.517. The van der Waals surface area contributed by atoms with Gasteiger partial charge >= 0.3 is 5.91 Å². The smallest absolute Gasteiger partial charge is 0.307 e. The van der Waals surface area contributed by atoms with Gasteiger partial charge in [-0.3, -0.25) is 4.79 Å². The van der Waals surface area contributed by atoms with Crippen molar-refractivity contribution in [2.24, 2.45) is 5.10 Å². The van der Waals surface area contributed by atoms with E-state index >= 15 is 0 Å². The number of amides is 1. The third-order valence-corrected chi connectivity index (χ3v) is 6.16. The summed E-state index contributed by atoms with van der Waals surface area (Å²) in [6.45, 7) is 1.78. The molecule has 0 aliphatic rings. The van der Waals surface area contributed by atoms with Gasteiger partial charge in [0.2, 0.25) is 0 Å².